The topological polar surface area (TPSA) is 78.7 Å². The van der Waals surface area contributed by atoms with Gasteiger partial charge >= 0.3 is 0 Å². The van der Waals surface area contributed by atoms with Crippen LogP contribution in [-0.2, 0) is 23.1 Å². The summed E-state index contributed by atoms with van der Waals surface area (Å²) < 4.78 is 0. The van der Waals surface area contributed by atoms with Gasteiger partial charge < -0.3 is 10.6 Å². The number of rotatable bonds is 4. The van der Waals surface area contributed by atoms with Gasteiger partial charge in [0.1, 0.15) is 12.2 Å². The summed E-state index contributed by atoms with van der Waals surface area (Å²) in [5.41, 5.74) is 4.79. The molecule has 3 atom stereocenters. The van der Waals surface area contributed by atoms with Crippen LogP contribution >= 0.6 is 0 Å². The fraction of sp³-hybridized carbons (Fsp3) is 0.304. The zero-order valence-electron chi connectivity index (χ0n) is 16.3. The van der Waals surface area contributed by atoms with Crippen molar-refractivity contribution in [1.29, 1.82) is 0 Å². The lowest BCUT2D eigenvalue weighted by molar-refractivity contribution is -0.119. The molecule has 146 valence electrons. The number of amides is 1. The largest absolute Gasteiger partial charge is 0.355 e. The van der Waals surface area contributed by atoms with Crippen LogP contribution < -0.4 is 10.6 Å². The molecule has 6 heteroatoms. The molecule has 3 unspecified atom stereocenters. The van der Waals surface area contributed by atoms with Gasteiger partial charge in [-0.2, -0.15) is 0 Å². The summed E-state index contributed by atoms with van der Waals surface area (Å²) in [5.74, 6) is 1.09. The van der Waals surface area contributed by atoms with Crippen molar-refractivity contribution in [2.45, 2.75) is 31.2 Å². The number of aliphatic imine (C=N–C) groups is 2. The molecule has 1 aromatic heterocycles. The zero-order chi connectivity index (χ0) is 19.8. The molecule has 0 saturated heterocycles. The first kappa shape index (κ1) is 17.8. The standard InChI is InChI=1S/C23H23N5O/c1-15(29)26-13-23(10-17-5-7-24-12-18(17)11-23)19-4-2-3-16(9-19)21-20-6-8-25-22(20)28-14-27-21/h2-9,12,14,20-21H,10-11,13H2,1H3,(H,26,29)(H,25,27,28). The molecular formula is C23H23N5O. The molecule has 2 N–H and O–H groups in total. The Kier molecular flexibility index (Phi) is 4.27. The molecule has 2 aromatic rings. The maximum Gasteiger partial charge on any atom is 0.216 e. The summed E-state index contributed by atoms with van der Waals surface area (Å²) in [6.45, 7) is 2.18. The second-order valence-electron chi connectivity index (χ2n) is 8.07. The molecule has 0 spiro atoms. The lowest BCUT2D eigenvalue weighted by Crippen LogP contribution is -2.41. The highest BCUT2D eigenvalue weighted by Gasteiger charge is 2.40. The summed E-state index contributed by atoms with van der Waals surface area (Å²) in [6.07, 6.45) is 11.3. The highest BCUT2D eigenvalue weighted by molar-refractivity contribution is 5.96. The van der Waals surface area contributed by atoms with E-state index in [9.17, 15) is 4.79 Å². The first-order valence-electron chi connectivity index (χ1n) is 9.94. The number of carbonyl (C=O) groups is 1. The average Bonchev–Trinajstić information content (AvgIpc) is 3.37. The number of hydrogen-bond donors (Lipinski definition) is 2. The molecule has 29 heavy (non-hydrogen) atoms. The average molecular weight is 385 g/mol. The Morgan fingerprint density at radius 2 is 2.17 bits per heavy atom. The van der Waals surface area contributed by atoms with Crippen LogP contribution in [0.4, 0.5) is 0 Å². The van der Waals surface area contributed by atoms with Crippen molar-refractivity contribution in [1.82, 2.24) is 15.6 Å². The maximum atomic E-state index is 11.7. The smallest absolute Gasteiger partial charge is 0.216 e. The summed E-state index contributed by atoms with van der Waals surface area (Å²) >= 11 is 0. The summed E-state index contributed by atoms with van der Waals surface area (Å²) in [6, 6.07) is 10.8. The lowest BCUT2D eigenvalue weighted by atomic mass is 9.76. The van der Waals surface area contributed by atoms with Crippen molar-refractivity contribution < 1.29 is 4.79 Å². The van der Waals surface area contributed by atoms with Gasteiger partial charge in [0, 0.05) is 31.3 Å². The third-order valence-corrected chi connectivity index (χ3v) is 6.19. The SMILES string of the molecule is CC(=O)NCC1(c2cccc(C3N=CN=C4NC=CC43)c2)Cc2ccncc2C1. The predicted octanol–water partition coefficient (Wildman–Crippen LogP) is 2.47. The van der Waals surface area contributed by atoms with E-state index >= 15 is 0 Å². The van der Waals surface area contributed by atoms with Crippen molar-refractivity contribution in [2.24, 2.45) is 15.9 Å². The minimum atomic E-state index is -0.174. The van der Waals surface area contributed by atoms with Crippen LogP contribution in [0.25, 0.3) is 0 Å². The fourth-order valence-electron chi connectivity index (χ4n) is 4.71. The molecule has 5 rings (SSSR count). The molecule has 1 aliphatic carbocycles. The second kappa shape index (κ2) is 6.95. The Hall–Kier alpha value is -3.28. The van der Waals surface area contributed by atoms with Gasteiger partial charge in [0.2, 0.25) is 5.91 Å². The molecule has 1 amide bonds. The minimum Gasteiger partial charge on any atom is -0.355 e. The molecule has 0 fully saturated rings. The van der Waals surface area contributed by atoms with Gasteiger partial charge in [-0.05, 0) is 47.4 Å². The van der Waals surface area contributed by atoms with Crippen molar-refractivity contribution in [3.8, 4) is 0 Å². The number of amidine groups is 1. The van der Waals surface area contributed by atoms with Crippen LogP contribution in [0.15, 0.2) is 65.0 Å². The summed E-state index contributed by atoms with van der Waals surface area (Å²) in [7, 11) is 0. The molecular weight excluding hydrogens is 362 g/mol. The van der Waals surface area contributed by atoms with E-state index in [1.807, 2.05) is 18.6 Å². The molecule has 6 nitrogen and oxygen atoms in total. The van der Waals surface area contributed by atoms with E-state index in [1.165, 1.54) is 22.3 Å². The quantitative estimate of drug-likeness (QED) is 0.849. The Morgan fingerprint density at radius 1 is 1.28 bits per heavy atom. The van der Waals surface area contributed by atoms with Gasteiger partial charge in [0.15, 0.2) is 0 Å². The van der Waals surface area contributed by atoms with Crippen molar-refractivity contribution in [3.63, 3.8) is 0 Å². The van der Waals surface area contributed by atoms with Gasteiger partial charge in [0.25, 0.3) is 0 Å². The number of nitrogens with one attached hydrogen (secondary N) is 2. The number of benzene rings is 1. The van der Waals surface area contributed by atoms with Gasteiger partial charge in [-0.15, -0.1) is 0 Å². The minimum absolute atomic E-state index is 0.00508. The van der Waals surface area contributed by atoms with E-state index in [0.717, 1.165) is 18.7 Å². The number of nitrogens with zero attached hydrogens (tertiary/aromatic N) is 3. The second-order valence-corrected chi connectivity index (χ2v) is 8.07. The highest BCUT2D eigenvalue weighted by atomic mass is 16.1. The highest BCUT2D eigenvalue weighted by Crippen LogP contribution is 2.41. The van der Waals surface area contributed by atoms with E-state index in [4.69, 9.17) is 0 Å². The van der Waals surface area contributed by atoms with Crippen LogP contribution in [0.3, 0.4) is 0 Å². The van der Waals surface area contributed by atoms with E-state index < -0.39 is 0 Å². The Morgan fingerprint density at radius 3 is 3.03 bits per heavy atom. The normalized spacial score (nSPS) is 26.4. The molecule has 0 bridgehead atoms. The lowest BCUT2D eigenvalue weighted by Gasteiger charge is -2.31. The van der Waals surface area contributed by atoms with Gasteiger partial charge in [-0.25, -0.2) is 4.99 Å². The molecule has 3 aliphatic rings. The Labute approximate surface area is 169 Å². The van der Waals surface area contributed by atoms with E-state index in [2.05, 4.69) is 62.0 Å². The summed E-state index contributed by atoms with van der Waals surface area (Å²) in [4.78, 5) is 25.0. The van der Waals surface area contributed by atoms with Crippen LogP contribution in [0.5, 0.6) is 0 Å². The Balaban J connectivity index is 1.52. The van der Waals surface area contributed by atoms with Crippen molar-refractivity contribution >= 4 is 18.1 Å². The third kappa shape index (κ3) is 3.14. The molecule has 3 heterocycles. The molecule has 1 aromatic carbocycles. The van der Waals surface area contributed by atoms with Crippen molar-refractivity contribution in [3.05, 3.63) is 77.3 Å². The van der Waals surface area contributed by atoms with Crippen molar-refractivity contribution in [2.75, 3.05) is 6.54 Å². The first-order chi connectivity index (χ1) is 14.1. The van der Waals surface area contributed by atoms with Crippen LogP contribution in [0, 0.1) is 5.92 Å². The van der Waals surface area contributed by atoms with E-state index in [-0.39, 0.29) is 23.3 Å². The predicted molar refractivity (Wildman–Crippen MR) is 113 cm³/mol. The van der Waals surface area contributed by atoms with Crippen LogP contribution in [-0.4, -0.2) is 29.6 Å². The first-order valence-corrected chi connectivity index (χ1v) is 9.94. The molecule has 0 radical (unpaired) electrons. The number of hydrogen-bond acceptors (Lipinski definition) is 5. The van der Waals surface area contributed by atoms with Crippen LogP contribution in [0.2, 0.25) is 0 Å². The fourth-order valence-corrected chi connectivity index (χ4v) is 4.71. The third-order valence-electron chi connectivity index (χ3n) is 6.19. The van der Waals surface area contributed by atoms with Crippen LogP contribution in [0.1, 0.15) is 35.2 Å². The maximum absolute atomic E-state index is 11.7. The van der Waals surface area contributed by atoms with Gasteiger partial charge in [-0.1, -0.05) is 30.3 Å². The Bertz CT molecular complexity index is 1030. The van der Waals surface area contributed by atoms with Gasteiger partial charge in [0.05, 0.1) is 12.0 Å². The summed E-state index contributed by atoms with van der Waals surface area (Å²) in [5, 5.41) is 6.27. The number of fused-ring (bicyclic) bond motifs is 2. The van der Waals surface area contributed by atoms with E-state index in [1.54, 1.807) is 13.3 Å². The number of carbonyl (C=O) groups excluding carboxylic acids is 1. The van der Waals surface area contributed by atoms with Gasteiger partial charge in [-0.3, -0.25) is 14.8 Å². The molecule has 2 aliphatic heterocycles. The monoisotopic (exact) mass is 385 g/mol. The molecule has 0 saturated carbocycles. The van der Waals surface area contributed by atoms with E-state index in [0.29, 0.717) is 6.54 Å². The zero-order valence-corrected chi connectivity index (χ0v) is 16.3. The number of pyridine rings is 1. The number of aromatic nitrogens is 1.